The standard InChI is InChI=1S/C29H30N4O4/c1-17-15-21(18(2)30-23-8-6-5-7-20(23)27(35)36)24-22(16-17)26(34)33(4)25(31-24)19-9-11-29(12-10-19)13-14-32(3)28(29)37/h5-9,15-16,18,30H,3,10-14H2,1-2,4H3/p+1/t18-,29?/m1/s1. The van der Waals surface area contributed by atoms with Crippen molar-refractivity contribution < 1.29 is 19.3 Å². The first kappa shape index (κ1) is 24.6. The van der Waals surface area contributed by atoms with Gasteiger partial charge in [-0.15, -0.1) is 0 Å². The van der Waals surface area contributed by atoms with E-state index in [9.17, 15) is 19.5 Å². The Morgan fingerprint density at radius 3 is 2.65 bits per heavy atom. The van der Waals surface area contributed by atoms with Crippen molar-refractivity contribution in [2.75, 3.05) is 11.9 Å². The number of fused-ring (bicyclic) bond motifs is 1. The van der Waals surface area contributed by atoms with E-state index >= 15 is 0 Å². The molecule has 1 saturated heterocycles. The number of amides is 1. The Kier molecular flexibility index (Phi) is 6.06. The van der Waals surface area contributed by atoms with Crippen LogP contribution < -0.4 is 10.9 Å². The third-order valence-corrected chi connectivity index (χ3v) is 7.85. The molecule has 1 aliphatic carbocycles. The maximum Gasteiger partial charge on any atom is 0.393 e. The maximum atomic E-state index is 13.5. The Hall–Kier alpha value is -4.07. The Labute approximate surface area is 215 Å². The lowest BCUT2D eigenvalue weighted by molar-refractivity contribution is -0.426. The molecule has 2 atom stereocenters. The van der Waals surface area contributed by atoms with Gasteiger partial charge in [-0.25, -0.2) is 14.6 Å². The van der Waals surface area contributed by atoms with Gasteiger partial charge < -0.3 is 10.4 Å². The topological polar surface area (TPSA) is 104 Å². The highest BCUT2D eigenvalue weighted by Crippen LogP contribution is 2.44. The first-order chi connectivity index (χ1) is 17.6. The second-order valence-electron chi connectivity index (χ2n) is 10.3. The van der Waals surface area contributed by atoms with Crippen molar-refractivity contribution in [3.63, 3.8) is 0 Å². The van der Waals surface area contributed by atoms with Crippen molar-refractivity contribution in [2.24, 2.45) is 12.5 Å². The Balaban J connectivity index is 1.57. The molecule has 37 heavy (non-hydrogen) atoms. The highest BCUT2D eigenvalue weighted by atomic mass is 16.4. The molecule has 1 aromatic heterocycles. The van der Waals surface area contributed by atoms with Gasteiger partial charge in [0.15, 0.2) is 6.54 Å². The zero-order chi connectivity index (χ0) is 26.5. The SMILES string of the molecule is C=[N+]1CCC2(CC=C(c3nc4c([C@@H](C)Nc5ccccc5C(=O)O)cc(C)cc4c(=O)n3C)CC2)C1=O. The van der Waals surface area contributed by atoms with Gasteiger partial charge in [0.2, 0.25) is 0 Å². The third-order valence-electron chi connectivity index (χ3n) is 7.85. The molecule has 0 saturated carbocycles. The highest BCUT2D eigenvalue weighted by molar-refractivity contribution is 5.94. The van der Waals surface area contributed by atoms with Crippen LogP contribution >= 0.6 is 0 Å². The monoisotopic (exact) mass is 499 g/mol. The van der Waals surface area contributed by atoms with Crippen LogP contribution in [0, 0.1) is 12.3 Å². The summed E-state index contributed by atoms with van der Waals surface area (Å²) in [6, 6.07) is 10.3. The van der Waals surface area contributed by atoms with E-state index in [4.69, 9.17) is 4.98 Å². The van der Waals surface area contributed by atoms with Gasteiger partial charge in [0.25, 0.3) is 5.56 Å². The van der Waals surface area contributed by atoms with Gasteiger partial charge in [0.05, 0.1) is 22.5 Å². The van der Waals surface area contributed by atoms with Gasteiger partial charge in [0, 0.05) is 24.7 Å². The first-order valence-corrected chi connectivity index (χ1v) is 12.5. The van der Waals surface area contributed by atoms with Gasteiger partial charge in [-0.1, -0.05) is 24.3 Å². The Morgan fingerprint density at radius 2 is 2.00 bits per heavy atom. The minimum Gasteiger partial charge on any atom is -0.478 e. The number of aromatic carboxylic acids is 1. The number of carbonyl (C=O) groups excluding carboxylic acids is 1. The van der Waals surface area contributed by atoms with Crippen LogP contribution in [0.5, 0.6) is 0 Å². The molecule has 1 aliphatic heterocycles. The summed E-state index contributed by atoms with van der Waals surface area (Å²) in [6.07, 6.45) is 4.85. The average Bonchev–Trinajstić information content (AvgIpc) is 3.15. The van der Waals surface area contributed by atoms with E-state index in [1.165, 1.54) is 0 Å². The zero-order valence-corrected chi connectivity index (χ0v) is 21.4. The van der Waals surface area contributed by atoms with Crippen molar-refractivity contribution in [1.82, 2.24) is 9.55 Å². The summed E-state index contributed by atoms with van der Waals surface area (Å²) in [5, 5.41) is 13.4. The van der Waals surface area contributed by atoms with Crippen LogP contribution in [0.1, 0.15) is 66.0 Å². The molecule has 2 aromatic carbocycles. The molecule has 0 bridgehead atoms. The number of nitrogens with one attached hydrogen (secondary N) is 1. The first-order valence-electron chi connectivity index (χ1n) is 12.5. The van der Waals surface area contributed by atoms with E-state index in [0.29, 0.717) is 48.2 Å². The minimum atomic E-state index is -1.01. The summed E-state index contributed by atoms with van der Waals surface area (Å²) in [5.41, 5.74) is 3.46. The second kappa shape index (κ2) is 9.10. The van der Waals surface area contributed by atoms with Crippen LogP contribution in [0.15, 0.2) is 47.3 Å². The molecular formula is C29H31N4O4+. The molecule has 1 unspecified atom stereocenters. The predicted molar refractivity (Wildman–Crippen MR) is 143 cm³/mol. The molecule has 190 valence electrons. The summed E-state index contributed by atoms with van der Waals surface area (Å²) < 4.78 is 3.16. The number of carbonyl (C=O) groups is 2. The van der Waals surface area contributed by atoms with Crippen LogP contribution in [0.25, 0.3) is 16.5 Å². The van der Waals surface area contributed by atoms with E-state index < -0.39 is 5.97 Å². The molecule has 2 aliphatic rings. The number of aromatic nitrogens is 2. The second-order valence-corrected chi connectivity index (χ2v) is 10.3. The number of hydrogen-bond donors (Lipinski definition) is 2. The van der Waals surface area contributed by atoms with Gasteiger partial charge in [-0.3, -0.25) is 9.36 Å². The van der Waals surface area contributed by atoms with Gasteiger partial charge in [0.1, 0.15) is 18.0 Å². The number of nitrogens with zero attached hydrogens (tertiary/aromatic N) is 3. The average molecular weight is 500 g/mol. The molecule has 1 amide bonds. The molecule has 2 heterocycles. The van der Waals surface area contributed by atoms with Crippen LogP contribution in [0.2, 0.25) is 0 Å². The largest absolute Gasteiger partial charge is 0.478 e. The zero-order valence-electron chi connectivity index (χ0n) is 21.4. The minimum absolute atomic E-state index is 0.0995. The Bertz CT molecular complexity index is 1570. The lowest BCUT2D eigenvalue weighted by atomic mass is 9.73. The van der Waals surface area contributed by atoms with Crippen LogP contribution in [0.4, 0.5) is 5.69 Å². The van der Waals surface area contributed by atoms with Crippen LogP contribution in [-0.4, -0.2) is 44.4 Å². The lowest BCUT2D eigenvalue weighted by Gasteiger charge is -2.27. The summed E-state index contributed by atoms with van der Waals surface area (Å²) in [5.74, 6) is -0.307. The van der Waals surface area contributed by atoms with E-state index in [1.807, 2.05) is 26.0 Å². The van der Waals surface area contributed by atoms with Crippen molar-refractivity contribution in [3.05, 3.63) is 75.3 Å². The molecule has 8 nitrogen and oxygen atoms in total. The Morgan fingerprint density at radius 1 is 1.24 bits per heavy atom. The van der Waals surface area contributed by atoms with E-state index in [1.54, 1.807) is 40.5 Å². The summed E-state index contributed by atoms with van der Waals surface area (Å²) in [7, 11) is 1.74. The fourth-order valence-corrected chi connectivity index (χ4v) is 5.69. The van der Waals surface area contributed by atoms with E-state index in [-0.39, 0.29) is 28.5 Å². The fourth-order valence-electron chi connectivity index (χ4n) is 5.69. The summed E-state index contributed by atoms with van der Waals surface area (Å²) in [4.78, 5) is 42.9. The number of anilines is 1. The van der Waals surface area contributed by atoms with Gasteiger partial charge in [-0.05, 0) is 62.4 Å². The molecule has 0 radical (unpaired) electrons. The van der Waals surface area contributed by atoms with Crippen molar-refractivity contribution in [3.8, 4) is 0 Å². The number of benzene rings is 2. The molecule has 8 heteroatoms. The molecule has 1 fully saturated rings. The third kappa shape index (κ3) is 4.16. The lowest BCUT2D eigenvalue weighted by Crippen LogP contribution is -2.32. The smallest absolute Gasteiger partial charge is 0.393 e. The van der Waals surface area contributed by atoms with E-state index in [2.05, 4.69) is 18.1 Å². The van der Waals surface area contributed by atoms with Crippen molar-refractivity contribution in [2.45, 2.75) is 45.6 Å². The quantitative estimate of drug-likeness (QED) is 0.507. The number of carboxylic acids is 1. The van der Waals surface area contributed by atoms with Crippen LogP contribution in [0.3, 0.4) is 0 Å². The number of carboxylic acid groups (broad SMARTS) is 1. The highest BCUT2D eigenvalue weighted by Gasteiger charge is 2.51. The van der Waals surface area contributed by atoms with Crippen molar-refractivity contribution in [1.29, 1.82) is 0 Å². The summed E-state index contributed by atoms with van der Waals surface area (Å²) >= 11 is 0. The normalized spacial score (nSPS) is 20.4. The van der Waals surface area contributed by atoms with Gasteiger partial charge in [-0.2, -0.15) is 4.58 Å². The number of allylic oxidation sites excluding steroid dienone is 2. The van der Waals surface area contributed by atoms with Crippen molar-refractivity contribution >= 4 is 40.8 Å². The molecule has 1 spiro atoms. The maximum absolute atomic E-state index is 13.5. The molecule has 5 rings (SSSR count). The number of para-hydroxylation sites is 1. The molecule has 2 N–H and O–H groups in total. The molecule has 3 aromatic rings. The summed E-state index contributed by atoms with van der Waals surface area (Å²) in [6.45, 7) is 8.39. The van der Waals surface area contributed by atoms with E-state index in [0.717, 1.165) is 23.1 Å². The molecular weight excluding hydrogens is 468 g/mol. The van der Waals surface area contributed by atoms with Crippen LogP contribution in [-0.2, 0) is 11.8 Å². The predicted octanol–water partition coefficient (Wildman–Crippen LogP) is 4.31. The van der Waals surface area contributed by atoms with Gasteiger partial charge >= 0.3 is 11.9 Å². The number of rotatable bonds is 5. The fraction of sp³-hybridized carbons (Fsp3) is 0.345. The number of aryl methyl sites for hydroxylation is 1. The number of hydrogen-bond acceptors (Lipinski definition) is 5.